The van der Waals surface area contributed by atoms with Gasteiger partial charge in [0, 0.05) is 12.1 Å². The first-order valence-corrected chi connectivity index (χ1v) is 6.09. The zero-order valence-corrected chi connectivity index (χ0v) is 9.92. The maximum Gasteiger partial charge on any atom is 0.0107 e. The van der Waals surface area contributed by atoms with E-state index in [0.717, 1.165) is 12.0 Å². The lowest BCUT2D eigenvalue weighted by atomic mass is 9.99. The smallest absolute Gasteiger partial charge is 0.0107 e. The van der Waals surface area contributed by atoms with Crippen molar-refractivity contribution in [3.8, 4) is 0 Å². The molecule has 0 heterocycles. The number of allylic oxidation sites excluding steroid dienone is 1. The van der Waals surface area contributed by atoms with Crippen molar-refractivity contribution in [1.29, 1.82) is 0 Å². The van der Waals surface area contributed by atoms with Crippen molar-refractivity contribution in [1.82, 2.24) is 5.32 Å². The first kappa shape index (κ1) is 11.8. The Morgan fingerprint density at radius 2 is 2.00 bits per heavy atom. The second-order valence-electron chi connectivity index (χ2n) is 5.02. The molecule has 1 N–H and O–H groups in total. The van der Waals surface area contributed by atoms with Crippen LogP contribution in [0.15, 0.2) is 12.2 Å². The van der Waals surface area contributed by atoms with Gasteiger partial charge in [-0.2, -0.15) is 0 Å². The average molecular weight is 195 g/mol. The summed E-state index contributed by atoms with van der Waals surface area (Å²) < 4.78 is 0. The van der Waals surface area contributed by atoms with E-state index in [9.17, 15) is 0 Å². The standard InChI is InChI=1S/C13H25N/c1-11(2)9-10-12(3)14-13-7-5-4-6-8-13/h4-5,11-14H,6-10H2,1-3H3. The van der Waals surface area contributed by atoms with Gasteiger partial charge in [-0.05, 0) is 44.9 Å². The summed E-state index contributed by atoms with van der Waals surface area (Å²) in [5.74, 6) is 0.838. The van der Waals surface area contributed by atoms with Crippen LogP contribution in [0.2, 0.25) is 0 Å². The molecule has 0 bridgehead atoms. The number of hydrogen-bond donors (Lipinski definition) is 1. The van der Waals surface area contributed by atoms with Crippen LogP contribution >= 0.6 is 0 Å². The topological polar surface area (TPSA) is 12.0 Å². The maximum absolute atomic E-state index is 3.72. The summed E-state index contributed by atoms with van der Waals surface area (Å²) in [6, 6.07) is 1.43. The molecule has 2 unspecified atom stereocenters. The molecule has 14 heavy (non-hydrogen) atoms. The van der Waals surface area contributed by atoms with Crippen LogP contribution in [0.4, 0.5) is 0 Å². The van der Waals surface area contributed by atoms with Crippen molar-refractivity contribution < 1.29 is 0 Å². The average Bonchev–Trinajstić information content (AvgIpc) is 2.16. The largest absolute Gasteiger partial charge is 0.311 e. The fraction of sp³-hybridized carbons (Fsp3) is 0.846. The van der Waals surface area contributed by atoms with Gasteiger partial charge in [0.2, 0.25) is 0 Å². The molecule has 0 radical (unpaired) electrons. The predicted molar refractivity (Wildman–Crippen MR) is 63.4 cm³/mol. The van der Waals surface area contributed by atoms with E-state index < -0.39 is 0 Å². The molecule has 2 atom stereocenters. The summed E-state index contributed by atoms with van der Waals surface area (Å²) in [6.45, 7) is 6.92. The van der Waals surface area contributed by atoms with Crippen LogP contribution in [0.3, 0.4) is 0 Å². The van der Waals surface area contributed by atoms with Gasteiger partial charge in [-0.15, -0.1) is 0 Å². The molecule has 1 heteroatoms. The summed E-state index contributed by atoms with van der Waals surface area (Å²) in [7, 11) is 0. The van der Waals surface area contributed by atoms with Crippen molar-refractivity contribution in [3.63, 3.8) is 0 Å². The number of rotatable bonds is 5. The number of nitrogens with one attached hydrogen (secondary N) is 1. The zero-order valence-electron chi connectivity index (χ0n) is 9.92. The Hall–Kier alpha value is -0.300. The fourth-order valence-corrected chi connectivity index (χ4v) is 2.01. The zero-order chi connectivity index (χ0) is 10.4. The van der Waals surface area contributed by atoms with E-state index in [1.165, 1.54) is 32.1 Å². The highest BCUT2D eigenvalue weighted by atomic mass is 14.9. The quantitative estimate of drug-likeness (QED) is 0.662. The van der Waals surface area contributed by atoms with Gasteiger partial charge in [-0.25, -0.2) is 0 Å². The highest BCUT2D eigenvalue weighted by Crippen LogP contribution is 2.13. The molecule has 0 saturated heterocycles. The summed E-state index contributed by atoms with van der Waals surface area (Å²) in [4.78, 5) is 0. The van der Waals surface area contributed by atoms with Crippen LogP contribution < -0.4 is 5.32 Å². The van der Waals surface area contributed by atoms with Crippen molar-refractivity contribution in [3.05, 3.63) is 12.2 Å². The third-order valence-electron chi connectivity index (χ3n) is 2.97. The van der Waals surface area contributed by atoms with Crippen LogP contribution in [0, 0.1) is 5.92 Å². The highest BCUT2D eigenvalue weighted by molar-refractivity contribution is 4.93. The second-order valence-corrected chi connectivity index (χ2v) is 5.02. The molecule has 82 valence electrons. The molecule has 0 aromatic rings. The molecule has 0 aromatic carbocycles. The van der Waals surface area contributed by atoms with E-state index in [-0.39, 0.29) is 0 Å². The van der Waals surface area contributed by atoms with Gasteiger partial charge in [0.1, 0.15) is 0 Å². The van der Waals surface area contributed by atoms with Gasteiger partial charge in [0.05, 0.1) is 0 Å². The summed E-state index contributed by atoms with van der Waals surface area (Å²) >= 11 is 0. The Morgan fingerprint density at radius 3 is 2.57 bits per heavy atom. The molecular formula is C13H25N. The first-order chi connectivity index (χ1) is 6.68. The molecule has 0 aromatic heterocycles. The van der Waals surface area contributed by atoms with Crippen LogP contribution in [0.5, 0.6) is 0 Å². The minimum absolute atomic E-state index is 0.689. The molecule has 1 rings (SSSR count). The van der Waals surface area contributed by atoms with Gasteiger partial charge < -0.3 is 5.32 Å². The Morgan fingerprint density at radius 1 is 1.21 bits per heavy atom. The van der Waals surface area contributed by atoms with E-state index in [1.807, 2.05) is 0 Å². The van der Waals surface area contributed by atoms with Gasteiger partial charge >= 0.3 is 0 Å². The van der Waals surface area contributed by atoms with Crippen LogP contribution in [-0.4, -0.2) is 12.1 Å². The van der Waals surface area contributed by atoms with E-state index >= 15 is 0 Å². The van der Waals surface area contributed by atoms with E-state index in [0.29, 0.717) is 6.04 Å². The third-order valence-corrected chi connectivity index (χ3v) is 2.97. The Labute approximate surface area is 89.0 Å². The SMILES string of the molecule is CC(C)CCC(C)NC1CC=CCC1. The molecule has 1 aliphatic carbocycles. The summed E-state index contributed by atoms with van der Waals surface area (Å²) in [5, 5.41) is 3.72. The Kier molecular flexibility index (Phi) is 5.24. The molecule has 1 aliphatic rings. The van der Waals surface area contributed by atoms with E-state index in [4.69, 9.17) is 0 Å². The minimum Gasteiger partial charge on any atom is -0.311 e. The van der Waals surface area contributed by atoms with Crippen molar-refractivity contribution in [2.75, 3.05) is 0 Å². The molecule has 0 aliphatic heterocycles. The van der Waals surface area contributed by atoms with Crippen molar-refractivity contribution in [2.24, 2.45) is 5.92 Å². The van der Waals surface area contributed by atoms with E-state index in [1.54, 1.807) is 0 Å². The molecular weight excluding hydrogens is 170 g/mol. The molecule has 0 spiro atoms. The molecule has 1 nitrogen and oxygen atoms in total. The van der Waals surface area contributed by atoms with Gasteiger partial charge in [0.25, 0.3) is 0 Å². The molecule has 0 amide bonds. The lowest BCUT2D eigenvalue weighted by molar-refractivity contribution is 0.382. The van der Waals surface area contributed by atoms with Crippen LogP contribution in [0.1, 0.15) is 52.9 Å². The highest BCUT2D eigenvalue weighted by Gasteiger charge is 2.12. The molecule has 0 fully saturated rings. The van der Waals surface area contributed by atoms with E-state index in [2.05, 4.69) is 38.2 Å². The lowest BCUT2D eigenvalue weighted by Gasteiger charge is -2.24. The van der Waals surface area contributed by atoms with Crippen LogP contribution in [-0.2, 0) is 0 Å². The Balaban J connectivity index is 2.12. The van der Waals surface area contributed by atoms with Gasteiger partial charge in [-0.1, -0.05) is 26.0 Å². The second kappa shape index (κ2) is 6.23. The van der Waals surface area contributed by atoms with Crippen molar-refractivity contribution >= 4 is 0 Å². The minimum atomic E-state index is 0.689. The van der Waals surface area contributed by atoms with Gasteiger partial charge in [0.15, 0.2) is 0 Å². The fourth-order valence-electron chi connectivity index (χ4n) is 2.01. The monoisotopic (exact) mass is 195 g/mol. The number of hydrogen-bond acceptors (Lipinski definition) is 1. The Bertz CT molecular complexity index is 172. The first-order valence-electron chi connectivity index (χ1n) is 6.09. The predicted octanol–water partition coefficient (Wildman–Crippen LogP) is 3.51. The summed E-state index contributed by atoms with van der Waals surface area (Å²) in [6.07, 6.45) is 11.1. The molecule has 0 saturated carbocycles. The maximum atomic E-state index is 3.72. The van der Waals surface area contributed by atoms with Crippen LogP contribution in [0.25, 0.3) is 0 Å². The summed E-state index contributed by atoms with van der Waals surface area (Å²) in [5.41, 5.74) is 0. The normalized spacial score (nSPS) is 24.1. The van der Waals surface area contributed by atoms with Gasteiger partial charge in [-0.3, -0.25) is 0 Å². The van der Waals surface area contributed by atoms with Crippen molar-refractivity contribution in [2.45, 2.75) is 65.0 Å². The third kappa shape index (κ3) is 4.80. The lowest BCUT2D eigenvalue weighted by Crippen LogP contribution is -2.37.